The van der Waals surface area contributed by atoms with Gasteiger partial charge >= 0.3 is 5.69 Å². The van der Waals surface area contributed by atoms with Gasteiger partial charge in [0, 0.05) is 61.5 Å². The first-order valence-corrected chi connectivity index (χ1v) is 12.9. The van der Waals surface area contributed by atoms with Crippen molar-refractivity contribution in [3.63, 3.8) is 0 Å². The van der Waals surface area contributed by atoms with E-state index in [0.29, 0.717) is 11.8 Å². The van der Waals surface area contributed by atoms with Crippen molar-refractivity contribution >= 4 is 40.3 Å². The van der Waals surface area contributed by atoms with Crippen LogP contribution in [-0.4, -0.2) is 64.1 Å². The van der Waals surface area contributed by atoms with Gasteiger partial charge in [-0.25, -0.2) is 14.3 Å². The fourth-order valence-electron chi connectivity index (χ4n) is 4.50. The van der Waals surface area contributed by atoms with Gasteiger partial charge in [0.2, 0.25) is 11.9 Å². The molecule has 0 spiro atoms. The highest BCUT2D eigenvalue weighted by molar-refractivity contribution is 5.92. The molecule has 2 aromatic heterocycles. The van der Waals surface area contributed by atoms with Crippen LogP contribution < -0.4 is 21.6 Å². The number of carbonyl (C=O) groups excluding carboxylic acids is 1. The number of aryl methyl sites for hydroxylation is 1. The molecule has 4 rings (SSSR count). The Kier molecular flexibility index (Phi) is 8.15. The number of benzene rings is 2. The number of imidazole rings is 1. The fourth-order valence-corrected chi connectivity index (χ4v) is 4.50. The minimum Gasteiger partial charge on any atom is -0.373 e. The summed E-state index contributed by atoms with van der Waals surface area (Å²) in [7, 11) is 6.08. The lowest BCUT2D eigenvalue weighted by molar-refractivity contribution is -0.113. The van der Waals surface area contributed by atoms with E-state index >= 15 is 0 Å². The van der Waals surface area contributed by atoms with Gasteiger partial charge in [0.25, 0.3) is 0 Å². The van der Waals surface area contributed by atoms with Gasteiger partial charge in [-0.1, -0.05) is 12.1 Å². The lowest BCUT2D eigenvalue weighted by Crippen LogP contribution is -2.29. The number of amides is 1. The van der Waals surface area contributed by atoms with Crippen molar-refractivity contribution in [1.29, 1.82) is 0 Å². The monoisotopic (exact) mass is 528 g/mol. The Hall–Kier alpha value is -4.44. The number of nitrogens with zero attached hydrogens (tertiary/aromatic N) is 6. The van der Waals surface area contributed by atoms with Crippen LogP contribution in [0.2, 0.25) is 0 Å². The minimum atomic E-state index is -0.519. The van der Waals surface area contributed by atoms with Gasteiger partial charge in [-0.2, -0.15) is 4.98 Å². The summed E-state index contributed by atoms with van der Waals surface area (Å²) in [6.45, 7) is 7.65. The SMILES string of the molecule is Cc1cc(N(C)CCN(C)C)c(C=CC(N)=O)cc1Nc1nccc(-n2c(=O)n(C(C)C)c3ccccc32)n1. The average Bonchev–Trinajstić information content (AvgIpc) is 3.19. The van der Waals surface area contributed by atoms with Gasteiger partial charge in [0.05, 0.1) is 11.0 Å². The molecule has 0 aliphatic carbocycles. The van der Waals surface area contributed by atoms with Gasteiger partial charge in [-0.3, -0.25) is 9.36 Å². The summed E-state index contributed by atoms with van der Waals surface area (Å²) in [5, 5.41) is 3.30. The van der Waals surface area contributed by atoms with Crippen LogP contribution in [0.4, 0.5) is 17.3 Å². The Labute approximate surface area is 228 Å². The molecule has 0 fully saturated rings. The van der Waals surface area contributed by atoms with E-state index in [4.69, 9.17) is 10.7 Å². The van der Waals surface area contributed by atoms with Crippen LogP contribution in [0.5, 0.6) is 0 Å². The number of aromatic nitrogens is 4. The molecule has 0 bridgehead atoms. The molecule has 0 unspecified atom stereocenters. The molecule has 0 aliphatic heterocycles. The van der Waals surface area contributed by atoms with Crippen molar-refractivity contribution in [3.05, 3.63) is 76.3 Å². The molecule has 10 heteroatoms. The molecule has 0 atom stereocenters. The quantitative estimate of drug-likeness (QED) is 0.302. The number of nitrogens with one attached hydrogen (secondary N) is 1. The number of hydrogen-bond donors (Lipinski definition) is 2. The molecule has 0 saturated carbocycles. The summed E-state index contributed by atoms with van der Waals surface area (Å²) in [6, 6.07) is 13.4. The zero-order valence-corrected chi connectivity index (χ0v) is 23.3. The van der Waals surface area contributed by atoms with Gasteiger partial charge in [0.15, 0.2) is 0 Å². The van der Waals surface area contributed by atoms with E-state index in [9.17, 15) is 9.59 Å². The summed E-state index contributed by atoms with van der Waals surface area (Å²) < 4.78 is 3.37. The lowest BCUT2D eigenvalue weighted by atomic mass is 10.1. The van der Waals surface area contributed by atoms with Gasteiger partial charge in [-0.05, 0) is 70.8 Å². The van der Waals surface area contributed by atoms with Crippen LogP contribution >= 0.6 is 0 Å². The maximum absolute atomic E-state index is 13.4. The summed E-state index contributed by atoms with van der Waals surface area (Å²) in [5.74, 6) is 0.302. The van der Waals surface area contributed by atoms with E-state index in [1.54, 1.807) is 27.5 Å². The molecule has 10 nitrogen and oxygen atoms in total. The molecule has 0 saturated heterocycles. The summed E-state index contributed by atoms with van der Waals surface area (Å²) in [4.78, 5) is 38.3. The maximum Gasteiger partial charge on any atom is 0.335 e. The molecule has 204 valence electrons. The van der Waals surface area contributed by atoms with E-state index in [0.717, 1.165) is 46.6 Å². The summed E-state index contributed by atoms with van der Waals surface area (Å²) >= 11 is 0. The van der Waals surface area contributed by atoms with Crippen LogP contribution in [0, 0.1) is 6.92 Å². The van der Waals surface area contributed by atoms with E-state index in [1.165, 1.54) is 6.08 Å². The van der Waals surface area contributed by atoms with Gasteiger partial charge < -0.3 is 20.9 Å². The van der Waals surface area contributed by atoms with Gasteiger partial charge in [0.1, 0.15) is 5.82 Å². The second-order valence-corrected chi connectivity index (χ2v) is 10.1. The first kappa shape index (κ1) is 27.6. The van der Waals surface area contributed by atoms with Crippen molar-refractivity contribution in [2.24, 2.45) is 5.73 Å². The summed E-state index contributed by atoms with van der Waals surface area (Å²) in [6.07, 6.45) is 4.70. The number of para-hydroxylation sites is 2. The first-order chi connectivity index (χ1) is 18.6. The summed E-state index contributed by atoms with van der Waals surface area (Å²) in [5.41, 5.74) is 10.4. The van der Waals surface area contributed by atoms with Crippen LogP contribution in [-0.2, 0) is 4.79 Å². The molecule has 1 amide bonds. The Morgan fingerprint density at radius 2 is 1.82 bits per heavy atom. The number of likely N-dealkylation sites (N-methyl/N-ethyl adjacent to an activating group) is 2. The normalized spacial score (nSPS) is 11.7. The molecule has 4 aromatic rings. The Morgan fingerprint density at radius 1 is 1.10 bits per heavy atom. The van der Waals surface area contributed by atoms with Crippen molar-refractivity contribution in [1.82, 2.24) is 24.0 Å². The number of hydrogen-bond acceptors (Lipinski definition) is 7. The molecule has 0 radical (unpaired) electrons. The Morgan fingerprint density at radius 3 is 2.49 bits per heavy atom. The zero-order chi connectivity index (χ0) is 28.3. The Balaban J connectivity index is 1.74. The molecular weight excluding hydrogens is 492 g/mol. The number of anilines is 3. The highest BCUT2D eigenvalue weighted by Crippen LogP contribution is 2.30. The number of fused-ring (bicyclic) bond motifs is 1. The molecule has 2 heterocycles. The lowest BCUT2D eigenvalue weighted by Gasteiger charge is -2.25. The second kappa shape index (κ2) is 11.5. The molecule has 39 heavy (non-hydrogen) atoms. The molecule has 0 aliphatic rings. The Bertz CT molecular complexity index is 1580. The van der Waals surface area contributed by atoms with E-state index in [-0.39, 0.29) is 11.7 Å². The predicted octanol–water partition coefficient (Wildman–Crippen LogP) is 3.71. The van der Waals surface area contributed by atoms with Crippen molar-refractivity contribution in [3.8, 4) is 5.82 Å². The third kappa shape index (κ3) is 6.01. The smallest absolute Gasteiger partial charge is 0.335 e. The van der Waals surface area contributed by atoms with E-state index in [2.05, 4.69) is 26.2 Å². The third-order valence-electron chi connectivity index (χ3n) is 6.51. The largest absolute Gasteiger partial charge is 0.373 e. The van der Waals surface area contributed by atoms with Crippen molar-refractivity contribution < 1.29 is 4.79 Å². The van der Waals surface area contributed by atoms with E-state index < -0.39 is 5.91 Å². The third-order valence-corrected chi connectivity index (χ3v) is 6.51. The first-order valence-electron chi connectivity index (χ1n) is 12.9. The van der Waals surface area contributed by atoms with Crippen LogP contribution in [0.25, 0.3) is 22.9 Å². The number of carbonyl (C=O) groups is 1. The minimum absolute atomic E-state index is 0.00742. The second-order valence-electron chi connectivity index (χ2n) is 10.1. The zero-order valence-electron chi connectivity index (χ0n) is 23.3. The standard InChI is InChI=1S/C29H36N8O2/c1-19(2)36-23-9-7-8-10-24(23)37(29(36)39)27-13-14-31-28(33-27)32-22-18-21(11-12-26(30)38)25(17-20(22)3)35(6)16-15-34(4)5/h7-14,17-19H,15-16H2,1-6H3,(H2,30,38)(H,31,32,33). The molecule has 2 aromatic carbocycles. The highest BCUT2D eigenvalue weighted by Gasteiger charge is 2.18. The molecular formula is C29H36N8O2. The maximum atomic E-state index is 13.4. The predicted molar refractivity (Wildman–Crippen MR) is 158 cm³/mol. The van der Waals surface area contributed by atoms with Gasteiger partial charge in [-0.15, -0.1) is 0 Å². The number of nitrogens with two attached hydrogens (primary N) is 1. The molecule has 3 N–H and O–H groups in total. The topological polar surface area (TPSA) is 114 Å². The van der Waals surface area contributed by atoms with Crippen molar-refractivity contribution in [2.75, 3.05) is 44.4 Å². The average molecular weight is 529 g/mol. The fraction of sp³-hybridized carbons (Fsp3) is 0.310. The van der Waals surface area contributed by atoms with Crippen LogP contribution in [0.1, 0.15) is 31.0 Å². The number of primary amides is 1. The highest BCUT2D eigenvalue weighted by atomic mass is 16.2. The van der Waals surface area contributed by atoms with Crippen LogP contribution in [0.15, 0.2) is 59.5 Å². The number of rotatable bonds is 10. The van der Waals surface area contributed by atoms with E-state index in [1.807, 2.05) is 72.2 Å². The van der Waals surface area contributed by atoms with Crippen LogP contribution in [0.3, 0.4) is 0 Å². The van der Waals surface area contributed by atoms with Crippen molar-refractivity contribution in [2.45, 2.75) is 26.8 Å².